The average molecular weight is 253 g/mol. The van der Waals surface area contributed by atoms with Crippen molar-refractivity contribution in [2.75, 3.05) is 13.6 Å². The number of fused-ring (bicyclic) bond motifs is 2. The number of aliphatic carboxylic acids is 1. The fraction of sp³-hybridized carbons (Fsp3) is 0.857. The molecule has 4 nitrogen and oxygen atoms in total. The molecule has 4 unspecified atom stereocenters. The lowest BCUT2D eigenvalue weighted by Crippen LogP contribution is -2.35. The molecule has 0 aromatic carbocycles. The van der Waals surface area contributed by atoms with E-state index in [0.717, 1.165) is 11.8 Å². The maximum atomic E-state index is 12.1. The van der Waals surface area contributed by atoms with E-state index in [9.17, 15) is 9.59 Å². The number of rotatable bonds is 5. The molecule has 0 heterocycles. The first-order valence-corrected chi connectivity index (χ1v) is 6.94. The fourth-order valence-electron chi connectivity index (χ4n) is 3.60. The number of hydrogen-bond acceptors (Lipinski definition) is 2. The van der Waals surface area contributed by atoms with Crippen LogP contribution in [0.1, 0.15) is 39.0 Å². The van der Waals surface area contributed by atoms with Gasteiger partial charge >= 0.3 is 5.97 Å². The van der Waals surface area contributed by atoms with Gasteiger partial charge in [-0.1, -0.05) is 13.3 Å². The van der Waals surface area contributed by atoms with Crippen LogP contribution in [0.4, 0.5) is 0 Å². The second kappa shape index (κ2) is 5.29. The molecule has 0 aromatic heterocycles. The Morgan fingerprint density at radius 1 is 1.33 bits per heavy atom. The lowest BCUT2D eigenvalue weighted by Gasteiger charge is -2.25. The Kier molecular flexibility index (Phi) is 3.93. The molecule has 2 fully saturated rings. The average Bonchev–Trinajstić information content (AvgIpc) is 2.90. The Bertz CT molecular complexity index is 342. The summed E-state index contributed by atoms with van der Waals surface area (Å²) in [6, 6.07) is 0. The molecular weight excluding hydrogens is 230 g/mol. The summed E-state index contributed by atoms with van der Waals surface area (Å²) in [6.45, 7) is 1.96. The van der Waals surface area contributed by atoms with Gasteiger partial charge in [0.05, 0.1) is 5.92 Å². The van der Waals surface area contributed by atoms with Crippen molar-refractivity contribution >= 4 is 11.9 Å². The van der Waals surface area contributed by atoms with Crippen molar-refractivity contribution in [2.45, 2.75) is 39.0 Å². The maximum absolute atomic E-state index is 12.1. The molecule has 2 saturated carbocycles. The first-order chi connectivity index (χ1) is 8.47. The van der Waals surface area contributed by atoms with E-state index in [1.165, 1.54) is 25.7 Å². The van der Waals surface area contributed by atoms with E-state index in [1.54, 1.807) is 18.9 Å². The summed E-state index contributed by atoms with van der Waals surface area (Å²) in [5.74, 6) is 0.952. The fourth-order valence-corrected chi connectivity index (χ4v) is 3.60. The number of nitrogens with zero attached hydrogens (tertiary/aromatic N) is 1. The zero-order valence-electron chi connectivity index (χ0n) is 11.3. The summed E-state index contributed by atoms with van der Waals surface area (Å²) in [5, 5.41) is 8.84. The van der Waals surface area contributed by atoms with Gasteiger partial charge in [0.1, 0.15) is 0 Å². The number of carboxylic acids is 1. The van der Waals surface area contributed by atoms with Crippen molar-refractivity contribution in [3.8, 4) is 0 Å². The number of carbonyl (C=O) groups excluding carboxylic acids is 1. The topological polar surface area (TPSA) is 57.6 Å². The molecule has 0 aromatic rings. The van der Waals surface area contributed by atoms with Gasteiger partial charge < -0.3 is 10.0 Å². The second-order valence-electron chi connectivity index (χ2n) is 6.15. The van der Waals surface area contributed by atoms with Gasteiger partial charge in [0.15, 0.2) is 0 Å². The Morgan fingerprint density at radius 2 is 2.06 bits per heavy atom. The lowest BCUT2D eigenvalue weighted by molar-refractivity contribution is -0.142. The minimum Gasteiger partial charge on any atom is -0.481 e. The summed E-state index contributed by atoms with van der Waals surface area (Å²) in [6.07, 6.45) is 5.77. The first kappa shape index (κ1) is 13.4. The Morgan fingerprint density at radius 3 is 2.56 bits per heavy atom. The van der Waals surface area contributed by atoms with Gasteiger partial charge in [0, 0.05) is 20.0 Å². The van der Waals surface area contributed by atoms with E-state index in [2.05, 4.69) is 0 Å². The summed E-state index contributed by atoms with van der Waals surface area (Å²) < 4.78 is 0. The highest BCUT2D eigenvalue weighted by molar-refractivity contribution is 5.77. The predicted octanol–water partition coefficient (Wildman–Crippen LogP) is 1.99. The lowest BCUT2D eigenvalue weighted by atomic mass is 9.86. The van der Waals surface area contributed by atoms with Crippen LogP contribution in [-0.2, 0) is 9.59 Å². The van der Waals surface area contributed by atoms with Crippen LogP contribution in [0.15, 0.2) is 0 Å². The van der Waals surface area contributed by atoms with E-state index < -0.39 is 11.9 Å². The predicted molar refractivity (Wildman–Crippen MR) is 68.0 cm³/mol. The quantitative estimate of drug-likeness (QED) is 0.815. The van der Waals surface area contributed by atoms with Crippen molar-refractivity contribution in [1.29, 1.82) is 0 Å². The van der Waals surface area contributed by atoms with Gasteiger partial charge in [-0.3, -0.25) is 9.59 Å². The highest BCUT2D eigenvalue weighted by atomic mass is 16.4. The van der Waals surface area contributed by atoms with E-state index in [0.29, 0.717) is 18.9 Å². The van der Waals surface area contributed by atoms with Crippen molar-refractivity contribution in [1.82, 2.24) is 4.90 Å². The third-order valence-corrected chi connectivity index (χ3v) is 4.72. The molecule has 0 saturated heterocycles. The highest BCUT2D eigenvalue weighted by Gasteiger charge is 2.40. The number of amides is 1. The third-order valence-electron chi connectivity index (χ3n) is 4.72. The second-order valence-corrected chi connectivity index (χ2v) is 6.15. The highest BCUT2D eigenvalue weighted by Crippen LogP contribution is 2.49. The normalized spacial score (nSPS) is 31.3. The molecule has 4 heteroatoms. The minimum absolute atomic E-state index is 0.112. The van der Waals surface area contributed by atoms with Crippen LogP contribution in [0, 0.1) is 23.7 Å². The summed E-state index contributed by atoms with van der Waals surface area (Å²) in [5.41, 5.74) is 0. The van der Waals surface area contributed by atoms with Gasteiger partial charge in [-0.15, -0.1) is 0 Å². The van der Waals surface area contributed by atoms with Crippen LogP contribution >= 0.6 is 0 Å². The molecule has 2 aliphatic carbocycles. The van der Waals surface area contributed by atoms with Gasteiger partial charge in [0.2, 0.25) is 5.91 Å². The smallest absolute Gasteiger partial charge is 0.308 e. The number of carboxylic acid groups (broad SMARTS) is 1. The molecule has 2 rings (SSSR count). The van der Waals surface area contributed by atoms with Crippen molar-refractivity contribution in [2.24, 2.45) is 23.7 Å². The van der Waals surface area contributed by atoms with Crippen LogP contribution in [-0.4, -0.2) is 35.5 Å². The van der Waals surface area contributed by atoms with Gasteiger partial charge in [-0.25, -0.2) is 0 Å². The zero-order chi connectivity index (χ0) is 13.3. The summed E-state index contributed by atoms with van der Waals surface area (Å²) in [7, 11) is 1.72. The van der Waals surface area contributed by atoms with Gasteiger partial charge in [0.25, 0.3) is 0 Å². The molecule has 18 heavy (non-hydrogen) atoms. The maximum Gasteiger partial charge on any atom is 0.308 e. The van der Waals surface area contributed by atoms with Gasteiger partial charge in [-0.05, 0) is 37.0 Å². The van der Waals surface area contributed by atoms with Crippen LogP contribution in [0.2, 0.25) is 0 Å². The number of carbonyl (C=O) groups is 2. The van der Waals surface area contributed by atoms with Crippen LogP contribution in [0.3, 0.4) is 0 Å². The molecule has 0 radical (unpaired) electrons. The summed E-state index contributed by atoms with van der Waals surface area (Å²) >= 11 is 0. The molecule has 1 N–H and O–H groups in total. The van der Waals surface area contributed by atoms with Crippen molar-refractivity contribution in [3.05, 3.63) is 0 Å². The Balaban J connectivity index is 1.79. The van der Waals surface area contributed by atoms with Crippen LogP contribution < -0.4 is 0 Å². The largest absolute Gasteiger partial charge is 0.481 e. The zero-order valence-corrected chi connectivity index (χ0v) is 11.3. The third kappa shape index (κ3) is 2.85. The molecule has 2 bridgehead atoms. The SMILES string of the molecule is CC(CN(C)C(=O)CC1CC2CCC1C2)C(=O)O. The molecule has 0 aliphatic heterocycles. The monoisotopic (exact) mass is 253 g/mol. The van der Waals surface area contributed by atoms with E-state index in [4.69, 9.17) is 5.11 Å². The molecule has 1 amide bonds. The Labute approximate surface area is 108 Å². The minimum atomic E-state index is -0.838. The first-order valence-electron chi connectivity index (χ1n) is 6.94. The summed E-state index contributed by atoms with van der Waals surface area (Å²) in [4.78, 5) is 24.4. The van der Waals surface area contributed by atoms with E-state index in [-0.39, 0.29) is 5.91 Å². The van der Waals surface area contributed by atoms with E-state index in [1.807, 2.05) is 0 Å². The van der Waals surface area contributed by atoms with Crippen molar-refractivity contribution < 1.29 is 14.7 Å². The van der Waals surface area contributed by atoms with E-state index >= 15 is 0 Å². The molecule has 102 valence electrons. The molecule has 4 atom stereocenters. The van der Waals surface area contributed by atoms with Crippen LogP contribution in [0.25, 0.3) is 0 Å². The number of hydrogen-bond donors (Lipinski definition) is 1. The molecule has 0 spiro atoms. The molecule has 2 aliphatic rings. The standard InChI is InChI=1S/C14H23NO3/c1-9(14(17)18)8-15(2)13(16)7-12-6-10-3-4-11(12)5-10/h9-12H,3-8H2,1-2H3,(H,17,18). The Hall–Kier alpha value is -1.06. The van der Waals surface area contributed by atoms with Crippen molar-refractivity contribution in [3.63, 3.8) is 0 Å². The molecular formula is C14H23NO3. The van der Waals surface area contributed by atoms with Gasteiger partial charge in [-0.2, -0.15) is 0 Å². The van der Waals surface area contributed by atoms with Crippen LogP contribution in [0.5, 0.6) is 0 Å².